The van der Waals surface area contributed by atoms with Crippen LogP contribution in [0.15, 0.2) is 42.5 Å². The minimum atomic E-state index is -3.46. The second kappa shape index (κ2) is 6.28. The predicted molar refractivity (Wildman–Crippen MR) is 86.5 cm³/mol. The maximum atomic E-state index is 12.3. The smallest absolute Gasteiger partial charge is 0.236 e. The normalized spacial score (nSPS) is 11.4. The number of hydrogen-bond donors (Lipinski definition) is 2. The molecule has 0 saturated heterocycles. The molecule has 0 aliphatic heterocycles. The van der Waals surface area contributed by atoms with Gasteiger partial charge in [-0.05, 0) is 36.6 Å². The first kappa shape index (κ1) is 15.5. The Balaban J connectivity index is 2.23. The molecule has 0 aromatic heterocycles. The van der Waals surface area contributed by atoms with Gasteiger partial charge in [-0.25, -0.2) is 8.42 Å². The van der Waals surface area contributed by atoms with Crippen molar-refractivity contribution in [2.75, 3.05) is 4.72 Å². The molecule has 2 aromatic rings. The lowest BCUT2D eigenvalue weighted by molar-refractivity contribution is 0.600. The summed E-state index contributed by atoms with van der Waals surface area (Å²) in [5.41, 5.74) is 9.86. The molecule has 0 saturated carbocycles. The van der Waals surface area contributed by atoms with Crippen LogP contribution in [0, 0.1) is 13.8 Å². The van der Waals surface area contributed by atoms with Crippen LogP contribution in [0.3, 0.4) is 0 Å². The van der Waals surface area contributed by atoms with Gasteiger partial charge in [-0.3, -0.25) is 4.72 Å². The lowest BCUT2D eigenvalue weighted by Gasteiger charge is -2.13. The molecule has 0 unspecified atom stereocenters. The Morgan fingerprint density at radius 2 is 1.71 bits per heavy atom. The van der Waals surface area contributed by atoms with E-state index in [1.807, 2.05) is 44.2 Å². The van der Waals surface area contributed by atoms with E-state index in [0.717, 1.165) is 22.3 Å². The summed E-state index contributed by atoms with van der Waals surface area (Å²) in [6.45, 7) is 4.19. The molecule has 2 rings (SSSR count). The number of hydrogen-bond acceptors (Lipinski definition) is 3. The highest BCUT2D eigenvalue weighted by molar-refractivity contribution is 7.91. The lowest BCUT2D eigenvalue weighted by Crippen LogP contribution is -2.17. The lowest BCUT2D eigenvalue weighted by atomic mass is 10.1. The summed E-state index contributed by atoms with van der Waals surface area (Å²) in [4.78, 5) is 0. The van der Waals surface area contributed by atoms with Crippen molar-refractivity contribution in [3.8, 4) is 0 Å². The van der Waals surface area contributed by atoms with Crippen molar-refractivity contribution >= 4 is 15.7 Å². The Morgan fingerprint density at radius 3 is 2.33 bits per heavy atom. The molecule has 0 amide bonds. The van der Waals surface area contributed by atoms with E-state index in [1.165, 1.54) is 0 Å². The number of anilines is 1. The molecule has 0 bridgehead atoms. The molecule has 0 aliphatic carbocycles. The highest BCUT2D eigenvalue weighted by Gasteiger charge is 2.14. The van der Waals surface area contributed by atoms with E-state index in [0.29, 0.717) is 12.2 Å². The molecular weight excluding hydrogens is 284 g/mol. The van der Waals surface area contributed by atoms with Crippen molar-refractivity contribution in [3.63, 3.8) is 0 Å². The van der Waals surface area contributed by atoms with E-state index < -0.39 is 10.0 Å². The van der Waals surface area contributed by atoms with Gasteiger partial charge in [0.1, 0.15) is 0 Å². The van der Waals surface area contributed by atoms with Crippen molar-refractivity contribution in [3.05, 3.63) is 64.7 Å². The molecule has 2 aromatic carbocycles. The summed E-state index contributed by atoms with van der Waals surface area (Å²) in [5.74, 6) is -0.0757. The first-order chi connectivity index (χ1) is 9.91. The first-order valence-electron chi connectivity index (χ1n) is 6.76. The zero-order valence-electron chi connectivity index (χ0n) is 12.3. The van der Waals surface area contributed by atoms with E-state index >= 15 is 0 Å². The van der Waals surface area contributed by atoms with Gasteiger partial charge in [-0.15, -0.1) is 0 Å². The SMILES string of the molecule is Cc1ccc(NS(=O)(=O)Cc2ccccc2CN)c(C)c1. The molecule has 112 valence electrons. The highest BCUT2D eigenvalue weighted by atomic mass is 32.2. The third-order valence-corrected chi connectivity index (χ3v) is 4.55. The van der Waals surface area contributed by atoms with Gasteiger partial charge in [0.25, 0.3) is 0 Å². The van der Waals surface area contributed by atoms with E-state index in [2.05, 4.69) is 4.72 Å². The molecule has 3 N–H and O–H groups in total. The summed E-state index contributed by atoms with van der Waals surface area (Å²) < 4.78 is 27.3. The molecule has 0 atom stereocenters. The Kier molecular flexibility index (Phi) is 4.65. The first-order valence-corrected chi connectivity index (χ1v) is 8.41. The molecule has 5 heteroatoms. The molecular formula is C16H20N2O2S. The number of benzene rings is 2. The van der Waals surface area contributed by atoms with Crippen LogP contribution in [0.2, 0.25) is 0 Å². The Morgan fingerprint density at radius 1 is 1.05 bits per heavy atom. The molecule has 0 radical (unpaired) electrons. The fourth-order valence-electron chi connectivity index (χ4n) is 2.23. The number of nitrogens with two attached hydrogens (primary N) is 1. The van der Waals surface area contributed by atoms with Crippen molar-refractivity contribution in [2.45, 2.75) is 26.1 Å². The highest BCUT2D eigenvalue weighted by Crippen LogP contribution is 2.19. The Hall–Kier alpha value is -1.85. The second-order valence-electron chi connectivity index (χ2n) is 5.15. The Labute approximate surface area is 126 Å². The van der Waals surface area contributed by atoms with E-state index in [-0.39, 0.29) is 5.75 Å². The maximum absolute atomic E-state index is 12.3. The number of nitrogens with one attached hydrogen (secondary N) is 1. The van der Waals surface area contributed by atoms with Gasteiger partial charge in [0.2, 0.25) is 10.0 Å². The number of sulfonamides is 1. The zero-order valence-corrected chi connectivity index (χ0v) is 13.1. The van der Waals surface area contributed by atoms with Crippen LogP contribution in [0.25, 0.3) is 0 Å². The van der Waals surface area contributed by atoms with Crippen molar-refractivity contribution in [1.29, 1.82) is 0 Å². The summed E-state index contributed by atoms with van der Waals surface area (Å²) in [6.07, 6.45) is 0. The van der Waals surface area contributed by atoms with Crippen LogP contribution in [0.1, 0.15) is 22.3 Å². The molecule has 0 spiro atoms. The average molecular weight is 304 g/mol. The van der Waals surface area contributed by atoms with Gasteiger partial charge in [0.15, 0.2) is 0 Å². The summed E-state index contributed by atoms with van der Waals surface area (Å²) in [6, 6.07) is 12.9. The van der Waals surface area contributed by atoms with Crippen LogP contribution in [0.5, 0.6) is 0 Å². The number of aryl methyl sites for hydroxylation is 2. The van der Waals surface area contributed by atoms with Crippen molar-refractivity contribution in [2.24, 2.45) is 5.73 Å². The van der Waals surface area contributed by atoms with Gasteiger partial charge in [0, 0.05) is 6.54 Å². The van der Waals surface area contributed by atoms with Crippen molar-refractivity contribution in [1.82, 2.24) is 0 Å². The minimum Gasteiger partial charge on any atom is -0.326 e. The average Bonchev–Trinajstić information content (AvgIpc) is 2.42. The predicted octanol–water partition coefficient (Wildman–Crippen LogP) is 2.70. The quantitative estimate of drug-likeness (QED) is 0.892. The molecule has 4 nitrogen and oxygen atoms in total. The van der Waals surface area contributed by atoms with Gasteiger partial charge in [-0.1, -0.05) is 42.0 Å². The van der Waals surface area contributed by atoms with Crippen LogP contribution in [-0.4, -0.2) is 8.42 Å². The fourth-order valence-corrected chi connectivity index (χ4v) is 3.56. The summed E-state index contributed by atoms with van der Waals surface area (Å²) >= 11 is 0. The summed E-state index contributed by atoms with van der Waals surface area (Å²) in [7, 11) is -3.46. The van der Waals surface area contributed by atoms with Crippen LogP contribution in [-0.2, 0) is 22.3 Å². The van der Waals surface area contributed by atoms with Gasteiger partial charge in [-0.2, -0.15) is 0 Å². The summed E-state index contributed by atoms with van der Waals surface area (Å²) in [5, 5.41) is 0. The second-order valence-corrected chi connectivity index (χ2v) is 6.87. The zero-order chi connectivity index (χ0) is 15.5. The molecule has 0 fully saturated rings. The van der Waals surface area contributed by atoms with Gasteiger partial charge >= 0.3 is 0 Å². The van der Waals surface area contributed by atoms with Crippen molar-refractivity contribution < 1.29 is 8.42 Å². The third kappa shape index (κ3) is 4.06. The fraction of sp³-hybridized carbons (Fsp3) is 0.250. The largest absolute Gasteiger partial charge is 0.326 e. The van der Waals surface area contributed by atoms with E-state index in [9.17, 15) is 8.42 Å². The van der Waals surface area contributed by atoms with Gasteiger partial charge < -0.3 is 5.73 Å². The van der Waals surface area contributed by atoms with Gasteiger partial charge in [0.05, 0.1) is 11.4 Å². The number of rotatable bonds is 5. The monoisotopic (exact) mass is 304 g/mol. The van der Waals surface area contributed by atoms with Crippen LogP contribution in [0.4, 0.5) is 5.69 Å². The molecule has 0 heterocycles. The minimum absolute atomic E-state index is 0.0757. The van der Waals surface area contributed by atoms with Crippen LogP contribution < -0.4 is 10.5 Å². The maximum Gasteiger partial charge on any atom is 0.236 e. The standard InChI is InChI=1S/C16H20N2O2S/c1-12-7-8-16(13(2)9-12)18-21(19,20)11-15-6-4-3-5-14(15)10-17/h3-9,18H,10-11,17H2,1-2H3. The molecule has 0 aliphatic rings. The van der Waals surface area contributed by atoms with E-state index in [1.54, 1.807) is 12.1 Å². The van der Waals surface area contributed by atoms with Crippen LogP contribution >= 0.6 is 0 Å². The third-order valence-electron chi connectivity index (χ3n) is 3.33. The van der Waals surface area contributed by atoms with E-state index in [4.69, 9.17) is 5.73 Å². The topological polar surface area (TPSA) is 72.2 Å². The Bertz CT molecular complexity index is 740. The molecule has 21 heavy (non-hydrogen) atoms.